The van der Waals surface area contributed by atoms with Gasteiger partial charge < -0.3 is 0 Å². The van der Waals surface area contributed by atoms with Crippen LogP contribution in [-0.2, 0) is 6.42 Å². The molecule has 0 spiro atoms. The summed E-state index contributed by atoms with van der Waals surface area (Å²) in [6.45, 7) is 6.40. The lowest BCUT2D eigenvalue weighted by molar-refractivity contribution is -0.385. The molecule has 1 aromatic rings. The summed E-state index contributed by atoms with van der Waals surface area (Å²) in [6.07, 6.45) is 1.41. The molecule has 1 aromatic carbocycles. The van der Waals surface area contributed by atoms with E-state index in [0.717, 1.165) is 6.42 Å². The maximum atomic E-state index is 11.0. The second kappa shape index (κ2) is 6.02. The number of rotatable bonds is 4. The Bertz CT molecular complexity index is 443. The number of benzene rings is 1. The standard InChI is InChI=1S/C13H17BrClNO2/c1-13(2,3)12(14)8-7-9-10(15)5-4-6-11(9)16(17)18/h4-6,12H,7-8H2,1-3H3. The average Bonchev–Trinajstić information content (AvgIpc) is 2.25. The van der Waals surface area contributed by atoms with E-state index in [9.17, 15) is 10.1 Å². The molecule has 0 N–H and O–H groups in total. The Kier molecular flexibility index (Phi) is 5.17. The highest BCUT2D eigenvalue weighted by molar-refractivity contribution is 9.09. The molecule has 3 nitrogen and oxygen atoms in total. The number of hydrogen-bond donors (Lipinski definition) is 0. The Morgan fingerprint density at radius 3 is 2.56 bits per heavy atom. The molecular formula is C13H17BrClNO2. The summed E-state index contributed by atoms with van der Waals surface area (Å²) in [4.78, 5) is 10.9. The van der Waals surface area contributed by atoms with Crippen LogP contribution in [-0.4, -0.2) is 9.75 Å². The van der Waals surface area contributed by atoms with E-state index in [2.05, 4.69) is 36.7 Å². The zero-order chi connectivity index (χ0) is 13.9. The predicted octanol–water partition coefficient (Wildman–Crippen LogP) is 4.99. The molecule has 1 rings (SSSR count). The summed E-state index contributed by atoms with van der Waals surface area (Å²) in [7, 11) is 0. The second-order valence-corrected chi connectivity index (χ2v) is 6.88. The van der Waals surface area contributed by atoms with Crippen LogP contribution in [0.4, 0.5) is 5.69 Å². The van der Waals surface area contributed by atoms with Crippen LogP contribution in [0.2, 0.25) is 5.02 Å². The van der Waals surface area contributed by atoms with Crippen molar-refractivity contribution in [2.24, 2.45) is 5.41 Å². The molecule has 0 saturated heterocycles. The summed E-state index contributed by atoms with van der Waals surface area (Å²) >= 11 is 9.68. The second-order valence-electron chi connectivity index (χ2n) is 5.37. The van der Waals surface area contributed by atoms with Crippen molar-refractivity contribution in [1.29, 1.82) is 0 Å². The molecule has 100 valence electrons. The van der Waals surface area contributed by atoms with Gasteiger partial charge in [0.05, 0.1) is 9.95 Å². The van der Waals surface area contributed by atoms with Gasteiger partial charge in [0.1, 0.15) is 0 Å². The third-order valence-electron chi connectivity index (χ3n) is 2.88. The van der Waals surface area contributed by atoms with E-state index in [0.29, 0.717) is 21.8 Å². The molecular weight excluding hydrogens is 318 g/mol. The van der Waals surface area contributed by atoms with Crippen LogP contribution >= 0.6 is 27.5 Å². The predicted molar refractivity (Wildman–Crippen MR) is 78.6 cm³/mol. The topological polar surface area (TPSA) is 43.1 Å². The first kappa shape index (κ1) is 15.4. The molecule has 1 atom stereocenters. The zero-order valence-corrected chi connectivity index (χ0v) is 13.1. The van der Waals surface area contributed by atoms with Gasteiger partial charge in [0.15, 0.2) is 0 Å². The van der Waals surface area contributed by atoms with E-state index in [4.69, 9.17) is 11.6 Å². The van der Waals surface area contributed by atoms with Crippen LogP contribution in [0.1, 0.15) is 32.8 Å². The van der Waals surface area contributed by atoms with Crippen molar-refractivity contribution in [1.82, 2.24) is 0 Å². The Balaban J connectivity index is 2.88. The van der Waals surface area contributed by atoms with Crippen LogP contribution in [0.15, 0.2) is 18.2 Å². The van der Waals surface area contributed by atoms with Gasteiger partial charge in [-0.3, -0.25) is 10.1 Å². The number of alkyl halides is 1. The van der Waals surface area contributed by atoms with Gasteiger partial charge in [-0.15, -0.1) is 0 Å². The third kappa shape index (κ3) is 3.95. The largest absolute Gasteiger partial charge is 0.274 e. The highest BCUT2D eigenvalue weighted by Gasteiger charge is 2.24. The van der Waals surface area contributed by atoms with Crippen LogP contribution in [0.25, 0.3) is 0 Å². The van der Waals surface area contributed by atoms with Crippen LogP contribution in [0, 0.1) is 15.5 Å². The molecule has 0 radical (unpaired) electrons. The summed E-state index contributed by atoms with van der Waals surface area (Å²) < 4.78 is 0. The summed E-state index contributed by atoms with van der Waals surface area (Å²) in [5.41, 5.74) is 0.852. The fraction of sp³-hybridized carbons (Fsp3) is 0.538. The van der Waals surface area contributed by atoms with Crippen molar-refractivity contribution in [2.45, 2.75) is 38.4 Å². The number of nitrogens with zero attached hydrogens (tertiary/aromatic N) is 1. The fourth-order valence-electron chi connectivity index (χ4n) is 1.67. The molecule has 0 aromatic heterocycles. The minimum Gasteiger partial charge on any atom is -0.258 e. The van der Waals surface area contributed by atoms with Crippen molar-refractivity contribution < 1.29 is 4.92 Å². The number of nitro groups is 1. The number of nitro benzene ring substituents is 1. The quantitative estimate of drug-likeness (QED) is 0.442. The highest BCUT2D eigenvalue weighted by atomic mass is 79.9. The van der Waals surface area contributed by atoms with Gasteiger partial charge in [0.25, 0.3) is 5.69 Å². The molecule has 18 heavy (non-hydrogen) atoms. The number of hydrogen-bond acceptors (Lipinski definition) is 2. The lowest BCUT2D eigenvalue weighted by Gasteiger charge is -2.25. The van der Waals surface area contributed by atoms with E-state index >= 15 is 0 Å². The molecule has 0 amide bonds. The Hall–Kier alpha value is -0.610. The van der Waals surface area contributed by atoms with E-state index in [1.54, 1.807) is 12.1 Å². The summed E-state index contributed by atoms with van der Waals surface area (Å²) in [5.74, 6) is 0. The lowest BCUT2D eigenvalue weighted by atomic mass is 9.88. The van der Waals surface area contributed by atoms with Gasteiger partial charge in [-0.2, -0.15) is 0 Å². The maximum absolute atomic E-state index is 11.0. The summed E-state index contributed by atoms with van der Waals surface area (Å²) in [6, 6.07) is 4.81. The van der Waals surface area contributed by atoms with Gasteiger partial charge in [-0.25, -0.2) is 0 Å². The molecule has 0 aliphatic rings. The molecule has 0 fully saturated rings. The summed E-state index contributed by atoms with van der Waals surface area (Å²) in [5, 5.41) is 11.4. The van der Waals surface area contributed by atoms with Crippen molar-refractivity contribution in [3.8, 4) is 0 Å². The number of halogens is 2. The normalized spacial score (nSPS) is 13.4. The van der Waals surface area contributed by atoms with Crippen LogP contribution in [0.5, 0.6) is 0 Å². The Morgan fingerprint density at radius 2 is 2.06 bits per heavy atom. The zero-order valence-electron chi connectivity index (χ0n) is 10.7. The van der Waals surface area contributed by atoms with E-state index in [1.165, 1.54) is 6.07 Å². The highest BCUT2D eigenvalue weighted by Crippen LogP contribution is 2.33. The van der Waals surface area contributed by atoms with E-state index in [-0.39, 0.29) is 16.0 Å². The molecule has 0 saturated carbocycles. The first-order chi connectivity index (χ1) is 8.23. The van der Waals surface area contributed by atoms with E-state index < -0.39 is 0 Å². The smallest absolute Gasteiger partial charge is 0.258 e. The van der Waals surface area contributed by atoms with E-state index in [1.807, 2.05) is 0 Å². The third-order valence-corrected chi connectivity index (χ3v) is 5.06. The van der Waals surface area contributed by atoms with Gasteiger partial charge >= 0.3 is 0 Å². The van der Waals surface area contributed by atoms with Gasteiger partial charge in [0.2, 0.25) is 0 Å². The van der Waals surface area contributed by atoms with Crippen molar-refractivity contribution in [3.05, 3.63) is 38.9 Å². The Labute approximate surface area is 121 Å². The fourth-order valence-corrected chi connectivity index (χ4v) is 2.16. The molecule has 0 aliphatic heterocycles. The van der Waals surface area contributed by atoms with Crippen LogP contribution < -0.4 is 0 Å². The molecule has 1 unspecified atom stereocenters. The Morgan fingerprint density at radius 1 is 1.44 bits per heavy atom. The van der Waals surface area contributed by atoms with Gasteiger partial charge in [-0.1, -0.05) is 54.4 Å². The van der Waals surface area contributed by atoms with Gasteiger partial charge in [-0.05, 0) is 24.3 Å². The van der Waals surface area contributed by atoms with Crippen LogP contribution in [0.3, 0.4) is 0 Å². The molecule has 0 aliphatic carbocycles. The lowest BCUT2D eigenvalue weighted by Crippen LogP contribution is -2.20. The molecule has 5 heteroatoms. The monoisotopic (exact) mass is 333 g/mol. The minimum absolute atomic E-state index is 0.108. The molecule has 0 bridgehead atoms. The van der Waals surface area contributed by atoms with Gasteiger partial charge in [0, 0.05) is 16.5 Å². The SMILES string of the molecule is CC(C)(C)C(Br)CCc1c(Cl)cccc1[N+](=O)[O-]. The average molecular weight is 335 g/mol. The van der Waals surface area contributed by atoms with Crippen molar-refractivity contribution in [3.63, 3.8) is 0 Å². The molecule has 0 heterocycles. The van der Waals surface area contributed by atoms with Crippen molar-refractivity contribution in [2.75, 3.05) is 0 Å². The van der Waals surface area contributed by atoms with Crippen molar-refractivity contribution >= 4 is 33.2 Å². The first-order valence-electron chi connectivity index (χ1n) is 5.79. The first-order valence-corrected chi connectivity index (χ1v) is 7.08. The maximum Gasteiger partial charge on any atom is 0.274 e. The minimum atomic E-state index is -0.373.